The Hall–Kier alpha value is -6.64. The zero-order chi connectivity index (χ0) is 38.2. The highest BCUT2D eigenvalue weighted by molar-refractivity contribution is 5.97. The van der Waals surface area contributed by atoms with Crippen LogP contribution in [0.15, 0.2) is 176 Å². The van der Waals surface area contributed by atoms with Gasteiger partial charge < -0.3 is 0 Å². The van der Waals surface area contributed by atoms with E-state index in [-0.39, 0.29) is 5.41 Å². The molecule has 10 rings (SSSR count). The van der Waals surface area contributed by atoms with Gasteiger partial charge in [0.1, 0.15) is 0 Å². The van der Waals surface area contributed by atoms with Gasteiger partial charge >= 0.3 is 0 Å². The number of fused-ring (bicyclic) bond motifs is 10. The first-order valence-electron chi connectivity index (χ1n) is 19.5. The molecule has 0 N–H and O–H groups in total. The Kier molecular flexibility index (Phi) is 7.70. The van der Waals surface area contributed by atoms with E-state index in [2.05, 4.69) is 180 Å². The Morgan fingerprint density at radius 2 is 0.982 bits per heavy atom. The Morgan fingerprint density at radius 3 is 1.70 bits per heavy atom. The van der Waals surface area contributed by atoms with Crippen LogP contribution in [-0.4, -0.2) is 9.97 Å². The maximum absolute atomic E-state index is 5.16. The van der Waals surface area contributed by atoms with Crippen molar-refractivity contribution < 1.29 is 0 Å². The third-order valence-corrected chi connectivity index (χ3v) is 11.9. The van der Waals surface area contributed by atoms with Crippen molar-refractivity contribution in [3.05, 3.63) is 210 Å². The van der Waals surface area contributed by atoms with Gasteiger partial charge in [-0.2, -0.15) is 0 Å². The summed E-state index contributed by atoms with van der Waals surface area (Å²) in [5, 5.41) is 0. The molecule has 8 aromatic rings. The molecule has 7 aromatic carbocycles. The van der Waals surface area contributed by atoms with Gasteiger partial charge in [-0.1, -0.05) is 179 Å². The first-order valence-corrected chi connectivity index (χ1v) is 19.5. The summed E-state index contributed by atoms with van der Waals surface area (Å²) in [7, 11) is 0. The lowest BCUT2D eigenvalue weighted by Crippen LogP contribution is -2.27. The van der Waals surface area contributed by atoms with Crippen LogP contribution in [0.25, 0.3) is 72.9 Å². The van der Waals surface area contributed by atoms with E-state index in [4.69, 9.17) is 9.97 Å². The second-order valence-electron chi connectivity index (χ2n) is 16.4. The van der Waals surface area contributed by atoms with Gasteiger partial charge in [-0.3, -0.25) is 0 Å². The predicted molar refractivity (Wildman–Crippen MR) is 233 cm³/mol. The molecular weight excluding hydrogens is 677 g/mol. The lowest BCUT2D eigenvalue weighted by Gasteiger charge is -2.32. The fourth-order valence-electron chi connectivity index (χ4n) is 9.02. The summed E-state index contributed by atoms with van der Waals surface area (Å²) in [6.07, 6.45) is 0. The van der Waals surface area contributed by atoms with E-state index >= 15 is 0 Å². The van der Waals surface area contributed by atoms with Crippen LogP contribution in [0.5, 0.6) is 0 Å². The molecule has 0 aliphatic heterocycles. The summed E-state index contributed by atoms with van der Waals surface area (Å²) < 4.78 is 0. The van der Waals surface area contributed by atoms with Crippen molar-refractivity contribution in [2.45, 2.75) is 38.5 Å². The van der Waals surface area contributed by atoms with Crippen LogP contribution in [-0.2, 0) is 10.8 Å². The average molecular weight is 719 g/mol. The van der Waals surface area contributed by atoms with Crippen molar-refractivity contribution >= 4 is 5.57 Å². The Balaban J connectivity index is 1.18. The fraction of sp³-hybridized carbons (Fsp3) is 0.111. The third-order valence-electron chi connectivity index (χ3n) is 11.9. The van der Waals surface area contributed by atoms with Crippen LogP contribution >= 0.6 is 0 Å². The summed E-state index contributed by atoms with van der Waals surface area (Å²) in [6, 6.07) is 61.9. The topological polar surface area (TPSA) is 25.8 Å². The Morgan fingerprint density at radius 1 is 0.446 bits per heavy atom. The van der Waals surface area contributed by atoms with E-state index in [0.29, 0.717) is 5.82 Å². The molecule has 0 bridgehead atoms. The van der Waals surface area contributed by atoms with Gasteiger partial charge in [-0.15, -0.1) is 0 Å². The summed E-state index contributed by atoms with van der Waals surface area (Å²) >= 11 is 0. The van der Waals surface area contributed by atoms with Crippen LogP contribution in [0.2, 0.25) is 0 Å². The van der Waals surface area contributed by atoms with Crippen molar-refractivity contribution in [3.63, 3.8) is 0 Å². The van der Waals surface area contributed by atoms with Gasteiger partial charge in [-0.25, -0.2) is 9.97 Å². The van der Waals surface area contributed by atoms with Gasteiger partial charge in [0.15, 0.2) is 5.82 Å². The molecule has 0 radical (unpaired) electrons. The molecule has 1 atom stereocenters. The van der Waals surface area contributed by atoms with Crippen LogP contribution < -0.4 is 0 Å². The van der Waals surface area contributed by atoms with Gasteiger partial charge in [-0.05, 0) is 103 Å². The van der Waals surface area contributed by atoms with Crippen LogP contribution in [0.4, 0.5) is 0 Å². The van der Waals surface area contributed by atoms with Crippen LogP contribution in [0.3, 0.4) is 0 Å². The average Bonchev–Trinajstić information content (AvgIpc) is 3.70. The summed E-state index contributed by atoms with van der Waals surface area (Å²) in [6.45, 7) is 13.4. The van der Waals surface area contributed by atoms with Gasteiger partial charge in [0.2, 0.25) is 0 Å². The molecule has 2 aliphatic carbocycles. The quantitative estimate of drug-likeness (QED) is 0.177. The lowest BCUT2D eigenvalue weighted by molar-refractivity contribution is 0.588. The number of nitrogens with zero attached hydrogens (tertiary/aromatic N) is 2. The Labute approximate surface area is 329 Å². The van der Waals surface area contributed by atoms with Gasteiger partial charge in [0, 0.05) is 16.7 Å². The highest BCUT2D eigenvalue weighted by atomic mass is 14.9. The minimum atomic E-state index is -0.473. The molecule has 0 amide bonds. The minimum absolute atomic E-state index is 0.00115. The molecule has 1 spiro atoms. The molecular formula is C54H42N2. The highest BCUT2D eigenvalue weighted by Crippen LogP contribution is 2.63. The van der Waals surface area contributed by atoms with Crippen molar-refractivity contribution in [2.75, 3.05) is 0 Å². The minimum Gasteiger partial charge on any atom is -0.228 e. The standard InChI is InChI=1S/C54H42N2/c1-34(2)37-23-26-44-45-28-25-41(53(3,4)5)32-49(45)54(47(44)30-37)46-22-13-12-21-42(46)43-27-24-39(31-48(43)54)38-19-14-20-40(29-38)51-33-50(35-15-8-6-9-16-35)55-52(56-51)36-17-10-7-11-18-36/h6-33H,1H2,2-5H3. The molecule has 1 aromatic heterocycles. The number of benzene rings is 7. The van der Waals surface area contributed by atoms with Crippen molar-refractivity contribution in [1.82, 2.24) is 9.97 Å². The maximum atomic E-state index is 5.16. The van der Waals surface area contributed by atoms with Crippen molar-refractivity contribution in [3.8, 4) is 67.3 Å². The first-order chi connectivity index (χ1) is 27.2. The monoisotopic (exact) mass is 718 g/mol. The maximum Gasteiger partial charge on any atom is 0.160 e. The molecule has 2 aliphatic rings. The van der Waals surface area contributed by atoms with E-state index < -0.39 is 5.41 Å². The molecule has 1 heterocycles. The summed E-state index contributed by atoms with van der Waals surface area (Å²) in [4.78, 5) is 10.2. The van der Waals surface area contributed by atoms with E-state index in [9.17, 15) is 0 Å². The molecule has 1 unspecified atom stereocenters. The zero-order valence-electron chi connectivity index (χ0n) is 32.3. The SMILES string of the molecule is C=C(C)c1ccc2c(c1)C1(c3ccccc3-c3ccc(-c4cccc(-c5cc(-c6ccccc6)nc(-c6ccccc6)n5)c4)cc31)c1cc(C(C)(C)C)ccc1-2. The van der Waals surface area contributed by atoms with Crippen LogP contribution in [0.1, 0.15) is 61.1 Å². The molecule has 268 valence electrons. The molecule has 2 nitrogen and oxygen atoms in total. The largest absolute Gasteiger partial charge is 0.228 e. The zero-order valence-corrected chi connectivity index (χ0v) is 32.3. The van der Waals surface area contributed by atoms with E-state index in [1.165, 1.54) is 61.2 Å². The number of rotatable bonds is 5. The fourth-order valence-corrected chi connectivity index (χ4v) is 9.02. The van der Waals surface area contributed by atoms with Crippen molar-refractivity contribution in [1.29, 1.82) is 0 Å². The van der Waals surface area contributed by atoms with E-state index in [0.717, 1.165) is 39.2 Å². The molecule has 56 heavy (non-hydrogen) atoms. The molecule has 0 saturated heterocycles. The smallest absolute Gasteiger partial charge is 0.160 e. The third kappa shape index (κ3) is 5.24. The molecule has 2 heteroatoms. The summed E-state index contributed by atoms with van der Waals surface area (Å²) in [5.74, 6) is 0.715. The number of aromatic nitrogens is 2. The highest BCUT2D eigenvalue weighted by Gasteiger charge is 2.52. The Bertz CT molecular complexity index is 2800. The summed E-state index contributed by atoms with van der Waals surface area (Å²) in [5.41, 5.74) is 20.9. The van der Waals surface area contributed by atoms with E-state index in [1.54, 1.807) is 0 Å². The number of hydrogen-bond donors (Lipinski definition) is 0. The predicted octanol–water partition coefficient (Wildman–Crippen LogP) is 13.8. The molecule has 0 saturated carbocycles. The number of allylic oxidation sites excluding steroid dienone is 1. The lowest BCUT2D eigenvalue weighted by atomic mass is 9.69. The van der Waals surface area contributed by atoms with Gasteiger partial charge in [0.05, 0.1) is 16.8 Å². The first kappa shape index (κ1) is 33.9. The molecule has 0 fully saturated rings. The van der Waals surface area contributed by atoms with Crippen molar-refractivity contribution in [2.24, 2.45) is 0 Å². The van der Waals surface area contributed by atoms with Crippen LogP contribution in [0, 0.1) is 0 Å². The van der Waals surface area contributed by atoms with E-state index in [1.807, 2.05) is 24.3 Å². The second kappa shape index (κ2) is 12.7. The number of hydrogen-bond acceptors (Lipinski definition) is 2. The van der Waals surface area contributed by atoms with Gasteiger partial charge in [0.25, 0.3) is 0 Å². The normalized spacial score (nSPS) is 14.9. The second-order valence-corrected chi connectivity index (χ2v) is 16.4.